The zero-order chi connectivity index (χ0) is 26.4. The van der Waals surface area contributed by atoms with E-state index in [4.69, 9.17) is 17.2 Å². The molecule has 0 saturated heterocycles. The summed E-state index contributed by atoms with van der Waals surface area (Å²) in [7, 11) is 0. The number of rotatable bonds is 16. The lowest BCUT2D eigenvalue weighted by molar-refractivity contribution is -0.144. The van der Waals surface area contributed by atoms with Gasteiger partial charge in [0.2, 0.25) is 17.7 Å². The molecule has 0 aliphatic carbocycles. The Bertz CT molecular complexity index is 714. The highest BCUT2D eigenvalue weighted by atomic mass is 16.4. The summed E-state index contributed by atoms with van der Waals surface area (Å²) in [5, 5.41) is 26.3. The molecule has 0 radical (unpaired) electrons. The summed E-state index contributed by atoms with van der Waals surface area (Å²) in [6, 6.07) is -4.53. The van der Waals surface area contributed by atoms with Gasteiger partial charge in [0.05, 0.1) is 12.6 Å². The number of carbonyl (C=O) groups excluding carboxylic acids is 3. The van der Waals surface area contributed by atoms with Gasteiger partial charge in [-0.25, -0.2) is 4.79 Å². The van der Waals surface area contributed by atoms with E-state index in [2.05, 4.69) is 20.9 Å². The summed E-state index contributed by atoms with van der Waals surface area (Å²) in [6.07, 6.45) is 1.61. The van der Waals surface area contributed by atoms with E-state index in [9.17, 15) is 29.4 Å². The Morgan fingerprint density at radius 3 is 1.88 bits per heavy atom. The van der Waals surface area contributed by atoms with Crippen LogP contribution in [0.2, 0.25) is 0 Å². The summed E-state index contributed by atoms with van der Waals surface area (Å²) in [5.41, 5.74) is 16.5. The number of carboxylic acids is 1. The zero-order valence-electron chi connectivity index (χ0n) is 20.4. The Morgan fingerprint density at radius 1 is 0.882 bits per heavy atom. The number of nitrogens with two attached hydrogens (primary N) is 3. The van der Waals surface area contributed by atoms with Gasteiger partial charge in [0.25, 0.3) is 0 Å². The van der Waals surface area contributed by atoms with Crippen LogP contribution in [0.1, 0.15) is 53.4 Å². The van der Waals surface area contributed by atoms with Crippen molar-refractivity contribution in [2.45, 2.75) is 77.5 Å². The highest BCUT2D eigenvalue weighted by Crippen LogP contribution is 2.09. The number of nitrogens with zero attached hydrogens (tertiary/aromatic N) is 1. The van der Waals surface area contributed by atoms with E-state index in [-0.39, 0.29) is 30.8 Å². The molecule has 0 spiro atoms. The molecule has 0 aromatic carbocycles. The van der Waals surface area contributed by atoms with Gasteiger partial charge in [-0.05, 0) is 24.7 Å². The van der Waals surface area contributed by atoms with E-state index >= 15 is 0 Å². The standard InChI is InChI=1S/C21H41N7O6/c1-5-11(3)15(22)19(32)26-13(8-7-9-25-21(23)24)17(30)27-14(10-29)18(31)28-16(20(33)34)12(4)6-2/h11-16,29H,5-10,22H2,1-4H3,(H,26,32)(H,27,30)(H,28,31)(H,33,34)(H4,23,24,25). The van der Waals surface area contributed by atoms with Gasteiger partial charge in [0, 0.05) is 6.54 Å². The maximum Gasteiger partial charge on any atom is 0.326 e. The second-order valence-corrected chi connectivity index (χ2v) is 8.38. The Hall–Kier alpha value is -2.93. The van der Waals surface area contributed by atoms with Crippen molar-refractivity contribution in [1.29, 1.82) is 0 Å². The van der Waals surface area contributed by atoms with Gasteiger partial charge in [-0.3, -0.25) is 19.4 Å². The second kappa shape index (κ2) is 15.8. The number of aliphatic hydroxyl groups excluding tert-OH is 1. The number of aliphatic carboxylic acids is 1. The minimum absolute atomic E-state index is 0.116. The largest absolute Gasteiger partial charge is 0.480 e. The molecule has 11 N–H and O–H groups in total. The third-order valence-electron chi connectivity index (χ3n) is 5.73. The first-order valence-corrected chi connectivity index (χ1v) is 11.4. The Kier molecular flexibility index (Phi) is 14.5. The molecular formula is C21H41N7O6. The first-order valence-electron chi connectivity index (χ1n) is 11.4. The van der Waals surface area contributed by atoms with Gasteiger partial charge >= 0.3 is 5.97 Å². The Labute approximate surface area is 200 Å². The third-order valence-corrected chi connectivity index (χ3v) is 5.73. The van der Waals surface area contributed by atoms with Gasteiger partial charge in [0.15, 0.2) is 5.96 Å². The number of carbonyl (C=O) groups is 4. The van der Waals surface area contributed by atoms with Crippen LogP contribution < -0.4 is 33.2 Å². The van der Waals surface area contributed by atoms with Crippen LogP contribution in [0.3, 0.4) is 0 Å². The van der Waals surface area contributed by atoms with E-state index in [1.54, 1.807) is 20.8 Å². The van der Waals surface area contributed by atoms with Gasteiger partial charge in [-0.1, -0.05) is 40.5 Å². The lowest BCUT2D eigenvalue weighted by atomic mass is 9.98. The molecule has 13 nitrogen and oxygen atoms in total. The fourth-order valence-electron chi connectivity index (χ4n) is 2.96. The van der Waals surface area contributed by atoms with Gasteiger partial charge < -0.3 is 43.4 Å². The highest BCUT2D eigenvalue weighted by Gasteiger charge is 2.32. The van der Waals surface area contributed by atoms with Crippen molar-refractivity contribution in [3.05, 3.63) is 0 Å². The number of hydrogen-bond acceptors (Lipinski definition) is 7. The summed E-state index contributed by atoms with van der Waals surface area (Å²) in [5.74, 6) is -3.98. The molecule has 0 rings (SSSR count). The number of aliphatic imine (C=N–C) groups is 1. The topological polar surface area (TPSA) is 235 Å². The van der Waals surface area contributed by atoms with Crippen molar-refractivity contribution in [2.75, 3.05) is 13.2 Å². The minimum Gasteiger partial charge on any atom is -0.480 e. The van der Waals surface area contributed by atoms with Crippen molar-refractivity contribution in [3.8, 4) is 0 Å². The van der Waals surface area contributed by atoms with Crippen LogP contribution in [-0.4, -0.2) is 77.2 Å². The molecule has 0 aromatic rings. The highest BCUT2D eigenvalue weighted by molar-refractivity contribution is 5.94. The van der Waals surface area contributed by atoms with Crippen molar-refractivity contribution in [1.82, 2.24) is 16.0 Å². The van der Waals surface area contributed by atoms with E-state index in [0.29, 0.717) is 19.3 Å². The molecule has 0 saturated carbocycles. The number of carboxylic acid groups (broad SMARTS) is 1. The first kappa shape index (κ1) is 31.1. The quantitative estimate of drug-likeness (QED) is 0.0681. The number of aliphatic hydroxyl groups is 1. The molecule has 6 atom stereocenters. The normalized spacial score (nSPS) is 16.2. The molecule has 34 heavy (non-hydrogen) atoms. The van der Waals surface area contributed by atoms with Crippen LogP contribution in [0.4, 0.5) is 0 Å². The predicted molar refractivity (Wildman–Crippen MR) is 127 cm³/mol. The molecular weight excluding hydrogens is 446 g/mol. The number of guanidine groups is 1. The zero-order valence-corrected chi connectivity index (χ0v) is 20.4. The average Bonchev–Trinajstić information content (AvgIpc) is 2.80. The summed E-state index contributed by atoms with van der Waals surface area (Å²) < 4.78 is 0. The number of amides is 3. The molecule has 0 aliphatic rings. The Balaban J connectivity index is 5.43. The Morgan fingerprint density at radius 2 is 1.41 bits per heavy atom. The molecule has 6 unspecified atom stereocenters. The fourth-order valence-corrected chi connectivity index (χ4v) is 2.96. The minimum atomic E-state index is -1.42. The van der Waals surface area contributed by atoms with E-state index in [1.807, 2.05) is 6.92 Å². The van der Waals surface area contributed by atoms with Crippen LogP contribution in [0, 0.1) is 11.8 Å². The van der Waals surface area contributed by atoms with E-state index in [0.717, 1.165) is 0 Å². The summed E-state index contributed by atoms with van der Waals surface area (Å²) in [6.45, 7) is 6.56. The van der Waals surface area contributed by atoms with Crippen LogP contribution in [0.5, 0.6) is 0 Å². The predicted octanol–water partition coefficient (Wildman–Crippen LogP) is -2.01. The molecule has 3 amide bonds. The lowest BCUT2D eigenvalue weighted by Crippen LogP contribution is -2.59. The lowest BCUT2D eigenvalue weighted by Gasteiger charge is -2.26. The molecule has 0 aliphatic heterocycles. The smallest absolute Gasteiger partial charge is 0.326 e. The van der Waals surface area contributed by atoms with Crippen LogP contribution >= 0.6 is 0 Å². The molecule has 0 aromatic heterocycles. The fraction of sp³-hybridized carbons (Fsp3) is 0.762. The van der Waals surface area contributed by atoms with E-state index < -0.39 is 54.5 Å². The average molecular weight is 488 g/mol. The number of nitrogens with one attached hydrogen (secondary N) is 3. The third kappa shape index (κ3) is 10.8. The monoisotopic (exact) mass is 487 g/mol. The van der Waals surface area contributed by atoms with Gasteiger partial charge in [-0.15, -0.1) is 0 Å². The molecule has 0 fully saturated rings. The maximum absolute atomic E-state index is 12.9. The molecule has 196 valence electrons. The second-order valence-electron chi connectivity index (χ2n) is 8.38. The summed E-state index contributed by atoms with van der Waals surface area (Å²) in [4.78, 5) is 53.3. The van der Waals surface area contributed by atoms with Gasteiger partial charge in [-0.2, -0.15) is 0 Å². The first-order chi connectivity index (χ1) is 15.9. The van der Waals surface area contributed by atoms with Crippen molar-refractivity contribution in [3.63, 3.8) is 0 Å². The van der Waals surface area contributed by atoms with E-state index in [1.165, 1.54) is 0 Å². The van der Waals surface area contributed by atoms with Crippen molar-refractivity contribution >= 4 is 29.7 Å². The summed E-state index contributed by atoms with van der Waals surface area (Å²) >= 11 is 0. The van der Waals surface area contributed by atoms with Crippen molar-refractivity contribution < 1.29 is 29.4 Å². The van der Waals surface area contributed by atoms with Crippen molar-refractivity contribution in [2.24, 2.45) is 34.0 Å². The molecule has 13 heteroatoms. The molecule has 0 heterocycles. The molecule has 0 bridgehead atoms. The van der Waals surface area contributed by atoms with Crippen LogP contribution in [0.15, 0.2) is 4.99 Å². The SMILES string of the molecule is CCC(C)C(N)C(=O)NC(CCCN=C(N)N)C(=O)NC(CO)C(=O)NC(C(=O)O)C(C)CC. The number of hydrogen-bond donors (Lipinski definition) is 8. The maximum atomic E-state index is 12.9. The van der Waals surface area contributed by atoms with Crippen LogP contribution in [-0.2, 0) is 19.2 Å². The van der Waals surface area contributed by atoms with Gasteiger partial charge in [0.1, 0.15) is 18.1 Å². The van der Waals surface area contributed by atoms with Crippen LogP contribution in [0.25, 0.3) is 0 Å².